The van der Waals surface area contributed by atoms with Crippen LogP contribution in [0.15, 0.2) is 18.2 Å². The number of halogens is 6. The van der Waals surface area contributed by atoms with Gasteiger partial charge in [0, 0.05) is 49.4 Å². The summed E-state index contributed by atoms with van der Waals surface area (Å²) in [6, 6.07) is 6.37. The van der Waals surface area contributed by atoms with Gasteiger partial charge < -0.3 is 19.6 Å². The zero-order valence-electron chi connectivity index (χ0n) is 24.1. The molecule has 0 aromatic heterocycles. The number of carboxylic acid groups (broad SMARTS) is 1. The highest BCUT2D eigenvalue weighted by molar-refractivity contribution is 5.69. The minimum absolute atomic E-state index is 0.0199. The fraction of sp³-hybridized carbons (Fsp3) is 0.724. The number of likely N-dealkylation sites (tertiary alicyclic amines) is 3. The molecule has 0 aliphatic carbocycles. The lowest BCUT2D eigenvalue weighted by Crippen LogP contribution is -2.61. The number of amides is 1. The lowest BCUT2D eigenvalue weighted by molar-refractivity contribution is -0.308. The molecule has 4 saturated heterocycles. The van der Waals surface area contributed by atoms with Crippen molar-refractivity contribution >= 4 is 17.7 Å². The number of aliphatic carboxylic acids is 1. The molecule has 8 nitrogen and oxygen atoms in total. The molecule has 240 valence electrons. The number of nitrogens with zero attached hydrogens (tertiary/aromatic N) is 4. The van der Waals surface area contributed by atoms with E-state index in [0.29, 0.717) is 19.4 Å². The Hall–Kier alpha value is -2.74. The number of alkyl halides is 6. The van der Waals surface area contributed by atoms with Crippen LogP contribution in [0, 0.1) is 12.3 Å². The lowest BCUT2D eigenvalue weighted by atomic mass is 9.71. The minimum Gasteiger partial charge on any atom is -0.480 e. The summed E-state index contributed by atoms with van der Waals surface area (Å²) in [5.41, 5.74) is 3.34. The van der Waals surface area contributed by atoms with Crippen LogP contribution in [0.5, 0.6) is 0 Å². The summed E-state index contributed by atoms with van der Waals surface area (Å²) in [6.07, 6.45) is -12.7. The predicted molar refractivity (Wildman–Crippen MR) is 145 cm³/mol. The molecule has 0 bridgehead atoms. The van der Waals surface area contributed by atoms with Gasteiger partial charge in [0.2, 0.25) is 0 Å². The SMILES string of the molecule is Cc1ccc(CN2CCCC23CCN(C(=O)OC(C(F)(F)F)C(F)(F)F)CC3)c(N2CC3(CCN(CC(=O)O)CC3)C2)c1. The number of ether oxygens (including phenoxy) is 1. The number of piperidine rings is 2. The number of hydrogen-bond acceptors (Lipinski definition) is 6. The first-order valence-electron chi connectivity index (χ1n) is 14.7. The van der Waals surface area contributed by atoms with Gasteiger partial charge in [0.15, 0.2) is 0 Å². The van der Waals surface area contributed by atoms with E-state index in [2.05, 4.69) is 32.7 Å². The van der Waals surface area contributed by atoms with E-state index < -0.39 is 30.5 Å². The van der Waals surface area contributed by atoms with E-state index in [9.17, 15) is 35.9 Å². The molecular weight excluding hydrogens is 582 g/mol. The highest BCUT2D eigenvalue weighted by Gasteiger charge is 2.60. The van der Waals surface area contributed by atoms with Crippen molar-refractivity contribution < 1.29 is 45.8 Å². The summed E-state index contributed by atoms with van der Waals surface area (Å²) >= 11 is 0. The lowest BCUT2D eigenvalue weighted by Gasteiger charge is -2.55. The second-order valence-electron chi connectivity index (χ2n) is 12.7. The number of hydrogen-bond donors (Lipinski definition) is 1. The summed E-state index contributed by atoms with van der Waals surface area (Å²) in [4.78, 5) is 31.1. The maximum atomic E-state index is 12.9. The third-order valence-electron chi connectivity index (χ3n) is 9.78. The van der Waals surface area contributed by atoms with E-state index in [-0.39, 0.29) is 30.6 Å². The van der Waals surface area contributed by atoms with Crippen LogP contribution < -0.4 is 4.90 Å². The van der Waals surface area contributed by atoms with Crippen molar-refractivity contribution in [2.45, 2.75) is 76.0 Å². The molecular formula is C29H38F6N4O4. The second kappa shape index (κ2) is 11.6. The molecule has 4 heterocycles. The van der Waals surface area contributed by atoms with Crippen molar-refractivity contribution in [1.29, 1.82) is 0 Å². The molecule has 5 rings (SSSR count). The summed E-state index contributed by atoms with van der Waals surface area (Å²) in [7, 11) is 0. The number of rotatable bonds is 6. The van der Waals surface area contributed by atoms with Gasteiger partial charge in [-0.15, -0.1) is 0 Å². The van der Waals surface area contributed by atoms with Crippen molar-refractivity contribution in [1.82, 2.24) is 14.7 Å². The highest BCUT2D eigenvalue weighted by Crippen LogP contribution is 2.45. The van der Waals surface area contributed by atoms with Gasteiger partial charge in [-0.3, -0.25) is 14.6 Å². The Morgan fingerprint density at radius 3 is 2.14 bits per heavy atom. The van der Waals surface area contributed by atoms with Gasteiger partial charge in [-0.05, 0) is 82.3 Å². The van der Waals surface area contributed by atoms with Crippen molar-refractivity contribution in [2.75, 3.05) is 57.3 Å². The Morgan fingerprint density at radius 1 is 0.930 bits per heavy atom. The van der Waals surface area contributed by atoms with E-state index in [0.717, 1.165) is 80.1 Å². The van der Waals surface area contributed by atoms with E-state index in [1.54, 1.807) is 0 Å². The first-order valence-corrected chi connectivity index (χ1v) is 14.7. The summed E-state index contributed by atoms with van der Waals surface area (Å²) in [6.45, 7) is 6.97. The number of aryl methyl sites for hydroxylation is 1. The van der Waals surface area contributed by atoms with Crippen LogP contribution in [0.25, 0.3) is 0 Å². The molecule has 0 radical (unpaired) electrons. The summed E-state index contributed by atoms with van der Waals surface area (Å²) in [5.74, 6) is -0.808. The Labute approximate surface area is 246 Å². The Balaban J connectivity index is 1.20. The zero-order valence-corrected chi connectivity index (χ0v) is 24.1. The van der Waals surface area contributed by atoms with Gasteiger partial charge in [0.05, 0.1) is 6.54 Å². The standard InChI is InChI=1S/C29H38F6N4O4/c1-20-3-4-21(22(15-20)38-18-26(19-38)6-11-36(12-7-26)17-23(40)41)16-39-10-2-5-27(39)8-13-37(14-9-27)25(42)43-24(28(30,31)32)29(33,34)35/h3-4,15,24H,2,5-14,16-19H2,1H3,(H,40,41). The van der Waals surface area contributed by atoms with Gasteiger partial charge in [0.25, 0.3) is 6.10 Å². The number of carboxylic acids is 1. The minimum atomic E-state index is -5.74. The summed E-state index contributed by atoms with van der Waals surface area (Å²) < 4.78 is 81.3. The molecule has 1 aromatic rings. The van der Waals surface area contributed by atoms with E-state index in [1.807, 2.05) is 11.8 Å². The van der Waals surface area contributed by atoms with Gasteiger partial charge >= 0.3 is 24.4 Å². The monoisotopic (exact) mass is 620 g/mol. The van der Waals surface area contributed by atoms with Crippen molar-refractivity contribution in [3.63, 3.8) is 0 Å². The number of benzene rings is 1. The quantitative estimate of drug-likeness (QED) is 0.447. The third kappa shape index (κ3) is 6.84. The van der Waals surface area contributed by atoms with Crippen molar-refractivity contribution in [3.8, 4) is 0 Å². The number of anilines is 1. The van der Waals surface area contributed by atoms with Crippen LogP contribution in [0.2, 0.25) is 0 Å². The fourth-order valence-electron chi connectivity index (χ4n) is 7.34. The zero-order chi connectivity index (χ0) is 31.2. The topological polar surface area (TPSA) is 76.6 Å². The highest BCUT2D eigenvalue weighted by atomic mass is 19.4. The molecule has 14 heteroatoms. The van der Waals surface area contributed by atoms with Crippen LogP contribution in [-0.2, 0) is 16.1 Å². The largest absolute Gasteiger partial charge is 0.480 e. The average Bonchev–Trinajstić information content (AvgIpc) is 3.27. The molecule has 1 N–H and O–H groups in total. The first-order chi connectivity index (χ1) is 20.1. The molecule has 0 atom stereocenters. The predicted octanol–water partition coefficient (Wildman–Crippen LogP) is 5.04. The van der Waals surface area contributed by atoms with Gasteiger partial charge in [-0.1, -0.05) is 12.1 Å². The number of carbonyl (C=O) groups excluding carboxylic acids is 1. The van der Waals surface area contributed by atoms with Crippen molar-refractivity contribution in [2.24, 2.45) is 5.41 Å². The van der Waals surface area contributed by atoms with Gasteiger partial charge in [-0.25, -0.2) is 4.79 Å². The maximum Gasteiger partial charge on any atom is 0.434 e. The van der Waals surface area contributed by atoms with E-state index in [1.165, 1.54) is 0 Å². The smallest absolute Gasteiger partial charge is 0.434 e. The van der Waals surface area contributed by atoms with E-state index in [4.69, 9.17) is 5.11 Å². The Kier molecular flexibility index (Phi) is 8.58. The van der Waals surface area contributed by atoms with Gasteiger partial charge in [-0.2, -0.15) is 26.3 Å². The average molecular weight is 621 g/mol. The third-order valence-corrected chi connectivity index (χ3v) is 9.78. The molecule has 4 aliphatic rings. The van der Waals surface area contributed by atoms with Crippen LogP contribution in [0.3, 0.4) is 0 Å². The van der Waals surface area contributed by atoms with Crippen molar-refractivity contribution in [3.05, 3.63) is 29.3 Å². The summed E-state index contributed by atoms with van der Waals surface area (Å²) in [5, 5.41) is 9.09. The second-order valence-corrected chi connectivity index (χ2v) is 12.7. The molecule has 43 heavy (non-hydrogen) atoms. The molecule has 0 unspecified atom stereocenters. The Bertz CT molecular complexity index is 1170. The van der Waals surface area contributed by atoms with Crippen LogP contribution >= 0.6 is 0 Å². The van der Waals surface area contributed by atoms with Gasteiger partial charge in [0.1, 0.15) is 0 Å². The fourth-order valence-corrected chi connectivity index (χ4v) is 7.34. The molecule has 1 amide bonds. The van der Waals surface area contributed by atoms with Crippen LogP contribution in [-0.4, -0.2) is 108 Å². The molecule has 2 spiro atoms. The molecule has 4 fully saturated rings. The number of carbonyl (C=O) groups is 2. The first kappa shape index (κ1) is 31.7. The maximum absolute atomic E-state index is 12.9. The van der Waals surface area contributed by atoms with E-state index >= 15 is 0 Å². The molecule has 0 saturated carbocycles. The van der Waals surface area contributed by atoms with Crippen LogP contribution in [0.4, 0.5) is 36.8 Å². The van der Waals surface area contributed by atoms with Crippen LogP contribution in [0.1, 0.15) is 49.7 Å². The normalized spacial score (nSPS) is 22.8. The molecule has 4 aliphatic heterocycles. The molecule has 1 aromatic carbocycles. The Morgan fingerprint density at radius 2 is 1.56 bits per heavy atom.